The van der Waals surface area contributed by atoms with E-state index in [4.69, 9.17) is 0 Å². The van der Waals surface area contributed by atoms with Crippen LogP contribution in [-0.2, 0) is 11.5 Å². The Hall–Kier alpha value is -1.42. The normalized spacial score (nSPS) is 10.1. The van der Waals surface area contributed by atoms with Gasteiger partial charge in [-0.25, -0.2) is 5.11 Å². The average Bonchev–Trinajstić information content (AvgIpc) is 2.19. The van der Waals surface area contributed by atoms with E-state index in [9.17, 15) is 15.2 Å². The summed E-state index contributed by atoms with van der Waals surface area (Å²) in [5.74, 6) is 0. The highest BCUT2D eigenvalue weighted by molar-refractivity contribution is 5.32. The fraction of sp³-hybridized carbons (Fsp3) is 0.400. The molecule has 75 valence electrons. The van der Waals surface area contributed by atoms with Crippen LogP contribution in [0.4, 0.5) is 5.69 Å². The number of nitro benzene ring substituents is 1. The maximum Gasteiger partial charge on any atom is 0.269 e. The van der Waals surface area contributed by atoms with Gasteiger partial charge in [0, 0.05) is 12.1 Å². The van der Waals surface area contributed by atoms with Crippen LogP contribution in [0.5, 0.6) is 0 Å². The monoisotopic (exact) mass is 194 g/mol. The summed E-state index contributed by atoms with van der Waals surface area (Å²) in [7, 11) is 0. The minimum absolute atomic E-state index is 0.0486. The minimum Gasteiger partial charge on any atom is -0.258 e. The lowest BCUT2D eigenvalue weighted by Gasteiger charge is -1.98. The van der Waals surface area contributed by atoms with Gasteiger partial charge in [-0.1, -0.05) is 12.1 Å². The molecule has 0 heterocycles. The Labute approximate surface area is 82.3 Å². The Morgan fingerprint density at radius 1 is 1.14 bits per heavy atom. The SMILES string of the molecule is [O]CCCCc1ccc([N+](=O)[O-])cc1. The van der Waals surface area contributed by atoms with E-state index in [0.717, 1.165) is 18.4 Å². The van der Waals surface area contributed by atoms with Crippen LogP contribution >= 0.6 is 0 Å². The lowest BCUT2D eigenvalue weighted by molar-refractivity contribution is -0.384. The van der Waals surface area contributed by atoms with Crippen LogP contribution in [-0.4, -0.2) is 11.5 Å². The fourth-order valence-corrected chi connectivity index (χ4v) is 1.22. The molecule has 0 aliphatic rings. The standard InChI is InChI=1S/C10H12NO3/c12-8-2-1-3-9-4-6-10(7-5-9)11(13)14/h4-7H,1-3,8H2. The minimum atomic E-state index is -0.415. The van der Waals surface area contributed by atoms with Crippen molar-refractivity contribution in [2.75, 3.05) is 6.61 Å². The molecule has 0 aliphatic carbocycles. The maximum absolute atomic E-state index is 10.3. The number of hydrogen-bond acceptors (Lipinski definition) is 2. The largest absolute Gasteiger partial charge is 0.269 e. The van der Waals surface area contributed by atoms with E-state index in [-0.39, 0.29) is 12.3 Å². The molecular formula is C10H12NO3. The summed E-state index contributed by atoms with van der Waals surface area (Å²) in [5.41, 5.74) is 1.15. The molecule has 1 rings (SSSR count). The summed E-state index contributed by atoms with van der Waals surface area (Å²) in [6.45, 7) is -0.0486. The number of unbranched alkanes of at least 4 members (excludes halogenated alkanes) is 1. The number of benzene rings is 1. The molecule has 1 aromatic carbocycles. The molecule has 0 N–H and O–H groups in total. The van der Waals surface area contributed by atoms with Gasteiger partial charge in [-0.3, -0.25) is 10.1 Å². The van der Waals surface area contributed by atoms with E-state index >= 15 is 0 Å². The molecule has 1 radical (unpaired) electrons. The van der Waals surface area contributed by atoms with Crippen molar-refractivity contribution in [1.82, 2.24) is 0 Å². The van der Waals surface area contributed by atoms with Crippen LogP contribution in [0.3, 0.4) is 0 Å². The summed E-state index contributed by atoms with van der Waals surface area (Å²) in [4.78, 5) is 9.92. The van der Waals surface area contributed by atoms with Crippen molar-refractivity contribution in [3.63, 3.8) is 0 Å². The van der Waals surface area contributed by atoms with Gasteiger partial charge >= 0.3 is 0 Å². The molecule has 0 aromatic heterocycles. The van der Waals surface area contributed by atoms with Crippen LogP contribution < -0.4 is 0 Å². The molecule has 0 fully saturated rings. The molecule has 0 amide bonds. The molecule has 14 heavy (non-hydrogen) atoms. The molecule has 4 nitrogen and oxygen atoms in total. The number of rotatable bonds is 5. The van der Waals surface area contributed by atoms with E-state index < -0.39 is 4.92 Å². The highest BCUT2D eigenvalue weighted by atomic mass is 16.6. The zero-order chi connectivity index (χ0) is 10.4. The summed E-state index contributed by atoms with van der Waals surface area (Å²) in [6, 6.07) is 6.46. The second-order valence-electron chi connectivity index (χ2n) is 3.08. The van der Waals surface area contributed by atoms with Crippen LogP contribution in [0.25, 0.3) is 0 Å². The molecule has 0 unspecified atom stereocenters. The van der Waals surface area contributed by atoms with Gasteiger partial charge in [0.1, 0.15) is 0 Å². The molecule has 0 aliphatic heterocycles. The van der Waals surface area contributed by atoms with Crippen molar-refractivity contribution in [1.29, 1.82) is 0 Å². The molecule has 0 spiro atoms. The Morgan fingerprint density at radius 2 is 1.79 bits per heavy atom. The van der Waals surface area contributed by atoms with Crippen molar-refractivity contribution in [3.8, 4) is 0 Å². The predicted molar refractivity (Wildman–Crippen MR) is 51.6 cm³/mol. The number of hydrogen-bond donors (Lipinski definition) is 0. The van der Waals surface area contributed by atoms with E-state index in [2.05, 4.69) is 0 Å². The molecule has 4 heteroatoms. The van der Waals surface area contributed by atoms with Crippen LogP contribution in [0.1, 0.15) is 18.4 Å². The molecule has 0 atom stereocenters. The van der Waals surface area contributed by atoms with Gasteiger partial charge in [-0.2, -0.15) is 0 Å². The van der Waals surface area contributed by atoms with E-state index in [0.29, 0.717) is 6.42 Å². The quantitative estimate of drug-likeness (QED) is 0.410. The molecule has 0 saturated heterocycles. The van der Waals surface area contributed by atoms with E-state index in [1.54, 1.807) is 12.1 Å². The first-order valence-corrected chi connectivity index (χ1v) is 4.55. The smallest absolute Gasteiger partial charge is 0.258 e. The molecule has 0 bridgehead atoms. The van der Waals surface area contributed by atoms with Gasteiger partial charge in [0.2, 0.25) is 0 Å². The molecule has 0 saturated carbocycles. The first kappa shape index (κ1) is 10.7. The van der Waals surface area contributed by atoms with Crippen LogP contribution in [0.2, 0.25) is 0 Å². The van der Waals surface area contributed by atoms with Crippen molar-refractivity contribution >= 4 is 5.69 Å². The summed E-state index contributed by atoms with van der Waals surface area (Å²) in [5, 5.41) is 20.5. The third kappa shape index (κ3) is 3.14. The van der Waals surface area contributed by atoms with Crippen molar-refractivity contribution in [2.24, 2.45) is 0 Å². The lowest BCUT2D eigenvalue weighted by atomic mass is 10.1. The van der Waals surface area contributed by atoms with Gasteiger partial charge in [0.25, 0.3) is 5.69 Å². The van der Waals surface area contributed by atoms with Gasteiger partial charge in [-0.05, 0) is 24.8 Å². The van der Waals surface area contributed by atoms with Gasteiger partial charge in [-0.15, -0.1) is 0 Å². The maximum atomic E-state index is 10.3. The van der Waals surface area contributed by atoms with Crippen molar-refractivity contribution in [3.05, 3.63) is 39.9 Å². The number of nitro groups is 1. The number of aryl methyl sites for hydroxylation is 1. The second-order valence-corrected chi connectivity index (χ2v) is 3.08. The first-order valence-electron chi connectivity index (χ1n) is 4.55. The Bertz CT molecular complexity index is 295. The third-order valence-corrected chi connectivity index (χ3v) is 2.01. The van der Waals surface area contributed by atoms with E-state index in [1.807, 2.05) is 0 Å². The van der Waals surface area contributed by atoms with Crippen molar-refractivity contribution in [2.45, 2.75) is 19.3 Å². The van der Waals surface area contributed by atoms with Crippen LogP contribution in [0.15, 0.2) is 24.3 Å². The number of nitrogens with zero attached hydrogens (tertiary/aromatic N) is 1. The van der Waals surface area contributed by atoms with Gasteiger partial charge in [0.05, 0.1) is 11.5 Å². The summed E-state index contributed by atoms with van der Waals surface area (Å²) >= 11 is 0. The molecule has 1 aromatic rings. The Morgan fingerprint density at radius 3 is 2.29 bits per heavy atom. The first-order chi connectivity index (χ1) is 6.74. The van der Waals surface area contributed by atoms with Crippen LogP contribution in [0, 0.1) is 10.1 Å². The van der Waals surface area contributed by atoms with Crippen molar-refractivity contribution < 1.29 is 10.0 Å². The number of non-ortho nitro benzene ring substituents is 1. The summed E-state index contributed by atoms with van der Waals surface area (Å²) in [6.07, 6.45) is 2.33. The zero-order valence-electron chi connectivity index (χ0n) is 7.81. The Balaban J connectivity index is 2.51. The third-order valence-electron chi connectivity index (χ3n) is 2.01. The highest BCUT2D eigenvalue weighted by Gasteiger charge is 2.03. The summed E-state index contributed by atoms with van der Waals surface area (Å²) < 4.78 is 0. The predicted octanol–water partition coefficient (Wildman–Crippen LogP) is 2.35. The lowest BCUT2D eigenvalue weighted by Crippen LogP contribution is -1.90. The van der Waals surface area contributed by atoms with Gasteiger partial charge < -0.3 is 0 Å². The second kappa shape index (κ2) is 5.34. The highest BCUT2D eigenvalue weighted by Crippen LogP contribution is 2.13. The Kier molecular flexibility index (Phi) is 4.07. The van der Waals surface area contributed by atoms with Gasteiger partial charge in [0.15, 0.2) is 0 Å². The average molecular weight is 194 g/mol. The van der Waals surface area contributed by atoms with E-state index in [1.165, 1.54) is 12.1 Å². The fourth-order valence-electron chi connectivity index (χ4n) is 1.22. The topological polar surface area (TPSA) is 63.0 Å². The zero-order valence-corrected chi connectivity index (χ0v) is 7.81. The molecular weight excluding hydrogens is 182 g/mol.